The summed E-state index contributed by atoms with van der Waals surface area (Å²) >= 11 is 0. The summed E-state index contributed by atoms with van der Waals surface area (Å²) in [7, 11) is -3.53. The fourth-order valence-electron chi connectivity index (χ4n) is 2.79. The van der Waals surface area contributed by atoms with E-state index in [9.17, 15) is 30.8 Å². The van der Waals surface area contributed by atoms with Crippen molar-refractivity contribution in [3.63, 3.8) is 0 Å². The quantitative estimate of drug-likeness (QED) is 0.575. The van der Waals surface area contributed by atoms with Crippen LogP contribution in [0.25, 0.3) is 22.4 Å². The van der Waals surface area contributed by atoms with Gasteiger partial charge in [0.25, 0.3) is 0 Å². The van der Waals surface area contributed by atoms with Crippen molar-refractivity contribution >= 4 is 15.8 Å². The first-order valence-electron chi connectivity index (χ1n) is 8.33. The standard InChI is InChI=1S/C19H14F4N2O4S/c1-11(26)29-25-18(19(21,22)23)16(12-3-7-14(20)8-4-12)17(24-25)13-5-9-15(10-6-13)30(2,27)28/h3-10H,1-2H3. The fourth-order valence-corrected chi connectivity index (χ4v) is 3.42. The number of hydrogen-bond donors (Lipinski definition) is 0. The van der Waals surface area contributed by atoms with Crippen LogP contribution in [0.15, 0.2) is 53.4 Å². The Bertz CT molecular complexity index is 1200. The van der Waals surface area contributed by atoms with E-state index in [-0.39, 0.29) is 26.6 Å². The third kappa shape index (κ3) is 4.35. The molecule has 3 rings (SSSR count). The molecule has 2 aromatic carbocycles. The van der Waals surface area contributed by atoms with Crippen molar-refractivity contribution < 1.29 is 35.6 Å². The Labute approximate surface area is 168 Å². The summed E-state index contributed by atoms with van der Waals surface area (Å²) in [6.45, 7) is 0.917. The molecule has 0 amide bonds. The van der Waals surface area contributed by atoms with Gasteiger partial charge in [-0.1, -0.05) is 29.1 Å². The van der Waals surface area contributed by atoms with Gasteiger partial charge in [-0.3, -0.25) is 0 Å². The highest BCUT2D eigenvalue weighted by molar-refractivity contribution is 7.90. The zero-order valence-corrected chi connectivity index (χ0v) is 16.4. The Morgan fingerprint density at radius 2 is 1.53 bits per heavy atom. The molecular formula is C19H14F4N2O4S. The van der Waals surface area contributed by atoms with E-state index in [2.05, 4.69) is 9.94 Å². The number of carbonyl (C=O) groups is 1. The number of sulfone groups is 1. The fraction of sp³-hybridized carbons (Fsp3) is 0.158. The lowest BCUT2D eigenvalue weighted by atomic mass is 9.98. The second kappa shape index (κ2) is 7.56. The van der Waals surface area contributed by atoms with Gasteiger partial charge < -0.3 is 4.84 Å². The number of hydrogen-bond acceptors (Lipinski definition) is 5. The first-order valence-corrected chi connectivity index (χ1v) is 10.2. The van der Waals surface area contributed by atoms with E-state index in [0.717, 1.165) is 37.4 Å². The van der Waals surface area contributed by atoms with Crippen LogP contribution in [0.4, 0.5) is 17.6 Å². The highest BCUT2D eigenvalue weighted by Gasteiger charge is 2.42. The van der Waals surface area contributed by atoms with E-state index < -0.39 is 39.1 Å². The van der Waals surface area contributed by atoms with Crippen LogP contribution < -0.4 is 4.84 Å². The summed E-state index contributed by atoms with van der Waals surface area (Å²) in [4.78, 5) is 16.0. The van der Waals surface area contributed by atoms with Gasteiger partial charge in [-0.2, -0.15) is 13.2 Å². The Morgan fingerprint density at radius 1 is 1.00 bits per heavy atom. The van der Waals surface area contributed by atoms with Crippen molar-refractivity contribution in [2.24, 2.45) is 0 Å². The smallest absolute Gasteiger partial charge is 0.319 e. The molecular weight excluding hydrogens is 428 g/mol. The third-order valence-corrected chi connectivity index (χ3v) is 5.16. The molecule has 1 heterocycles. The van der Waals surface area contributed by atoms with Crippen molar-refractivity contribution in [3.05, 3.63) is 60.0 Å². The van der Waals surface area contributed by atoms with Crippen LogP contribution in [0.3, 0.4) is 0 Å². The molecule has 158 valence electrons. The van der Waals surface area contributed by atoms with Crippen molar-refractivity contribution in [2.45, 2.75) is 18.0 Å². The highest BCUT2D eigenvalue weighted by atomic mass is 32.2. The van der Waals surface area contributed by atoms with E-state index in [1.807, 2.05) is 0 Å². The zero-order chi connectivity index (χ0) is 22.3. The predicted octanol–water partition coefficient (Wildman–Crippen LogP) is 3.75. The van der Waals surface area contributed by atoms with Crippen LogP contribution in [0.2, 0.25) is 0 Å². The molecule has 0 spiro atoms. The average molecular weight is 442 g/mol. The Balaban J connectivity index is 2.32. The molecule has 0 atom stereocenters. The molecule has 0 saturated heterocycles. The Kier molecular flexibility index (Phi) is 5.42. The topological polar surface area (TPSA) is 78.3 Å². The van der Waals surface area contributed by atoms with Gasteiger partial charge in [0, 0.05) is 24.3 Å². The maximum absolute atomic E-state index is 13.9. The first kappa shape index (κ1) is 21.5. The number of aromatic nitrogens is 2. The Hall–Kier alpha value is -3.21. The van der Waals surface area contributed by atoms with Crippen molar-refractivity contribution in [1.82, 2.24) is 9.94 Å². The SMILES string of the molecule is CC(=O)On1nc(-c2ccc(S(C)(=O)=O)cc2)c(-c2ccc(F)cc2)c1C(F)(F)F. The van der Waals surface area contributed by atoms with Gasteiger partial charge >= 0.3 is 12.1 Å². The van der Waals surface area contributed by atoms with E-state index in [4.69, 9.17) is 0 Å². The molecule has 6 nitrogen and oxygen atoms in total. The van der Waals surface area contributed by atoms with Crippen molar-refractivity contribution in [2.75, 3.05) is 6.26 Å². The van der Waals surface area contributed by atoms with Crippen LogP contribution >= 0.6 is 0 Å². The van der Waals surface area contributed by atoms with E-state index >= 15 is 0 Å². The third-order valence-electron chi connectivity index (χ3n) is 4.03. The molecule has 3 aromatic rings. The molecule has 0 bridgehead atoms. The minimum absolute atomic E-state index is 0.0238. The van der Waals surface area contributed by atoms with Crippen LogP contribution in [0.5, 0.6) is 0 Å². The van der Waals surface area contributed by atoms with Gasteiger partial charge in [0.2, 0.25) is 0 Å². The van der Waals surface area contributed by atoms with Crippen LogP contribution in [0, 0.1) is 5.82 Å². The molecule has 0 N–H and O–H groups in total. The van der Waals surface area contributed by atoms with Crippen LogP contribution in [-0.4, -0.2) is 30.6 Å². The minimum atomic E-state index is -4.98. The van der Waals surface area contributed by atoms with Gasteiger partial charge in [-0.15, -0.1) is 5.10 Å². The summed E-state index contributed by atoms with van der Waals surface area (Å²) in [5.74, 6) is -1.69. The zero-order valence-electron chi connectivity index (χ0n) is 15.6. The van der Waals surface area contributed by atoms with Gasteiger partial charge in [-0.25, -0.2) is 17.6 Å². The number of alkyl halides is 3. The molecule has 11 heteroatoms. The van der Waals surface area contributed by atoms with Gasteiger partial charge in [0.1, 0.15) is 11.5 Å². The number of nitrogens with zero attached hydrogens (tertiary/aromatic N) is 2. The maximum atomic E-state index is 13.9. The Morgan fingerprint density at radius 3 is 2.00 bits per heavy atom. The number of carbonyl (C=O) groups excluding carboxylic acids is 1. The molecule has 0 aliphatic rings. The number of rotatable bonds is 4. The van der Waals surface area contributed by atoms with Crippen molar-refractivity contribution in [3.8, 4) is 22.4 Å². The summed E-state index contributed by atoms with van der Waals surface area (Å²) in [6, 6.07) is 9.23. The molecule has 0 saturated carbocycles. The van der Waals surface area contributed by atoms with Gasteiger partial charge in [0.05, 0.1) is 4.90 Å². The highest BCUT2D eigenvalue weighted by Crippen LogP contribution is 2.42. The normalized spacial score (nSPS) is 12.1. The first-order chi connectivity index (χ1) is 13.9. The number of halogens is 4. The minimum Gasteiger partial charge on any atom is -0.319 e. The maximum Gasteiger partial charge on any atom is 0.437 e. The molecule has 0 fully saturated rings. The lowest BCUT2D eigenvalue weighted by Gasteiger charge is -2.11. The lowest BCUT2D eigenvalue weighted by Crippen LogP contribution is -2.24. The van der Waals surface area contributed by atoms with E-state index in [1.165, 1.54) is 24.3 Å². The lowest BCUT2D eigenvalue weighted by molar-refractivity contribution is -0.161. The van der Waals surface area contributed by atoms with Crippen molar-refractivity contribution in [1.29, 1.82) is 0 Å². The second-order valence-electron chi connectivity index (χ2n) is 6.33. The second-order valence-corrected chi connectivity index (χ2v) is 8.34. The molecule has 0 radical (unpaired) electrons. The molecule has 0 aliphatic heterocycles. The molecule has 1 aromatic heterocycles. The van der Waals surface area contributed by atoms with E-state index in [0.29, 0.717) is 0 Å². The summed E-state index contributed by atoms with van der Waals surface area (Å²) in [5.41, 5.74) is -1.93. The summed E-state index contributed by atoms with van der Waals surface area (Å²) in [5, 5.41) is 3.79. The van der Waals surface area contributed by atoms with E-state index in [1.54, 1.807) is 0 Å². The summed E-state index contributed by atoms with van der Waals surface area (Å²) < 4.78 is 78.2. The van der Waals surface area contributed by atoms with Gasteiger partial charge in [-0.05, 0) is 29.8 Å². The monoisotopic (exact) mass is 442 g/mol. The van der Waals surface area contributed by atoms with Crippen LogP contribution in [-0.2, 0) is 20.8 Å². The molecule has 0 unspecified atom stereocenters. The predicted molar refractivity (Wildman–Crippen MR) is 98.4 cm³/mol. The summed E-state index contributed by atoms with van der Waals surface area (Å²) in [6.07, 6.45) is -3.99. The molecule has 0 aliphatic carbocycles. The molecule has 30 heavy (non-hydrogen) atoms. The largest absolute Gasteiger partial charge is 0.437 e. The van der Waals surface area contributed by atoms with Crippen LogP contribution in [0.1, 0.15) is 12.6 Å². The average Bonchev–Trinajstić information content (AvgIpc) is 3.00. The van der Waals surface area contributed by atoms with Gasteiger partial charge in [0.15, 0.2) is 15.5 Å². The number of benzene rings is 2.